The molecule has 1 spiro atoms. The van der Waals surface area contributed by atoms with Crippen molar-refractivity contribution < 1.29 is 14.3 Å². The van der Waals surface area contributed by atoms with Crippen LogP contribution >= 0.6 is 34.5 Å². The predicted octanol–water partition coefficient (Wildman–Crippen LogP) is 3.14. The highest BCUT2D eigenvalue weighted by molar-refractivity contribution is 7.21. The van der Waals surface area contributed by atoms with Gasteiger partial charge in [-0.2, -0.15) is 0 Å². The maximum absolute atomic E-state index is 12.6. The number of cyclic esters (lactones) is 1. The molecule has 2 fully saturated rings. The molecule has 8 heteroatoms. The number of nitrogens with one attached hydrogen (secondary N) is 1. The van der Waals surface area contributed by atoms with Crippen LogP contribution in [-0.4, -0.2) is 42.1 Å². The van der Waals surface area contributed by atoms with Crippen molar-refractivity contribution in [3.8, 4) is 0 Å². The van der Waals surface area contributed by atoms with Gasteiger partial charge in [0, 0.05) is 28.2 Å². The van der Waals surface area contributed by atoms with E-state index in [0.29, 0.717) is 34.6 Å². The van der Waals surface area contributed by atoms with Crippen molar-refractivity contribution in [2.45, 2.75) is 5.54 Å². The van der Waals surface area contributed by atoms with Gasteiger partial charge in [-0.1, -0.05) is 29.3 Å². The van der Waals surface area contributed by atoms with Crippen LogP contribution in [0.1, 0.15) is 9.67 Å². The first-order valence-electron chi connectivity index (χ1n) is 6.59. The lowest BCUT2D eigenvalue weighted by Gasteiger charge is -2.45. The Labute approximate surface area is 139 Å². The SMILES string of the molecule is O=C1NC2(CO1)CN(C(=O)c1sc3cc(Cl)ccc3c1Cl)C2. The fraction of sp³-hybridized carbons (Fsp3) is 0.286. The van der Waals surface area contributed by atoms with Crippen molar-refractivity contribution in [3.05, 3.63) is 33.1 Å². The van der Waals surface area contributed by atoms with Gasteiger partial charge in [0.1, 0.15) is 17.0 Å². The van der Waals surface area contributed by atoms with Gasteiger partial charge in [0.05, 0.1) is 5.02 Å². The molecular weight excluding hydrogens is 347 g/mol. The fourth-order valence-electron chi connectivity index (χ4n) is 2.81. The average molecular weight is 357 g/mol. The van der Waals surface area contributed by atoms with Crippen LogP contribution in [0.4, 0.5) is 4.79 Å². The normalized spacial score (nSPS) is 19.2. The number of amides is 2. The Hall–Kier alpha value is -1.50. The van der Waals surface area contributed by atoms with E-state index >= 15 is 0 Å². The Bertz CT molecular complexity index is 814. The Kier molecular flexibility index (Phi) is 3.04. The zero-order valence-corrected chi connectivity index (χ0v) is 13.5. The van der Waals surface area contributed by atoms with E-state index in [0.717, 1.165) is 10.1 Å². The minimum atomic E-state index is -0.431. The molecule has 5 nitrogen and oxygen atoms in total. The van der Waals surface area contributed by atoms with Gasteiger partial charge < -0.3 is 15.0 Å². The van der Waals surface area contributed by atoms with Crippen LogP contribution < -0.4 is 5.32 Å². The molecule has 2 aliphatic rings. The first kappa shape index (κ1) is 14.1. The van der Waals surface area contributed by atoms with Crippen molar-refractivity contribution in [1.29, 1.82) is 0 Å². The van der Waals surface area contributed by atoms with Crippen LogP contribution in [0.25, 0.3) is 10.1 Å². The van der Waals surface area contributed by atoms with Crippen LogP contribution in [0, 0.1) is 0 Å². The summed E-state index contributed by atoms with van der Waals surface area (Å²) in [5.74, 6) is -0.130. The standard InChI is InChI=1S/C14H10Cl2N2O3S/c15-7-1-2-8-9(3-7)22-11(10(8)16)12(19)18-4-14(5-18)6-21-13(20)17-14/h1-3H,4-6H2,(H,17,20). The number of nitrogens with zero attached hydrogens (tertiary/aromatic N) is 1. The lowest BCUT2D eigenvalue weighted by atomic mass is 9.91. The quantitative estimate of drug-likeness (QED) is 0.853. The van der Waals surface area contributed by atoms with E-state index < -0.39 is 11.6 Å². The molecule has 0 aliphatic carbocycles. The number of halogens is 2. The third-order valence-electron chi connectivity index (χ3n) is 3.91. The zero-order valence-electron chi connectivity index (χ0n) is 11.2. The average Bonchev–Trinajstić information content (AvgIpc) is 2.98. The molecule has 1 aromatic carbocycles. The minimum Gasteiger partial charge on any atom is -0.447 e. The summed E-state index contributed by atoms with van der Waals surface area (Å²) in [7, 11) is 0. The number of hydrogen-bond donors (Lipinski definition) is 1. The number of ether oxygens (including phenoxy) is 1. The second-order valence-corrected chi connectivity index (χ2v) is 7.39. The summed E-state index contributed by atoms with van der Waals surface area (Å²) in [6.07, 6.45) is -0.429. The predicted molar refractivity (Wildman–Crippen MR) is 85.0 cm³/mol. The van der Waals surface area contributed by atoms with Gasteiger partial charge >= 0.3 is 6.09 Å². The van der Waals surface area contributed by atoms with Crippen molar-refractivity contribution >= 4 is 56.6 Å². The largest absolute Gasteiger partial charge is 0.447 e. The summed E-state index contributed by atoms with van der Waals surface area (Å²) < 4.78 is 5.79. The summed E-state index contributed by atoms with van der Waals surface area (Å²) in [6.45, 7) is 1.16. The molecule has 0 unspecified atom stereocenters. The molecule has 114 valence electrons. The van der Waals surface area contributed by atoms with E-state index in [9.17, 15) is 9.59 Å². The van der Waals surface area contributed by atoms with E-state index in [-0.39, 0.29) is 5.91 Å². The number of alkyl carbamates (subject to hydrolysis) is 1. The second kappa shape index (κ2) is 4.75. The summed E-state index contributed by atoms with van der Waals surface area (Å²) in [6, 6.07) is 5.36. The molecule has 22 heavy (non-hydrogen) atoms. The molecule has 1 aromatic heterocycles. The third kappa shape index (κ3) is 2.06. The van der Waals surface area contributed by atoms with Crippen LogP contribution in [0.3, 0.4) is 0 Å². The topological polar surface area (TPSA) is 58.6 Å². The van der Waals surface area contributed by atoms with Gasteiger partial charge in [-0.15, -0.1) is 11.3 Å². The van der Waals surface area contributed by atoms with Gasteiger partial charge in [0.15, 0.2) is 0 Å². The van der Waals surface area contributed by atoms with Gasteiger partial charge in [-0.3, -0.25) is 4.79 Å². The Morgan fingerprint density at radius 2 is 2.14 bits per heavy atom. The van der Waals surface area contributed by atoms with E-state index in [1.54, 1.807) is 17.0 Å². The highest BCUT2D eigenvalue weighted by Gasteiger charge is 2.51. The highest BCUT2D eigenvalue weighted by atomic mass is 35.5. The van der Waals surface area contributed by atoms with E-state index in [1.165, 1.54) is 11.3 Å². The van der Waals surface area contributed by atoms with E-state index in [2.05, 4.69) is 5.32 Å². The smallest absolute Gasteiger partial charge is 0.407 e. The Morgan fingerprint density at radius 1 is 1.36 bits per heavy atom. The van der Waals surface area contributed by atoms with Gasteiger partial charge in [-0.05, 0) is 12.1 Å². The van der Waals surface area contributed by atoms with E-state index in [4.69, 9.17) is 27.9 Å². The summed E-state index contributed by atoms with van der Waals surface area (Å²) in [5, 5.41) is 4.64. The van der Waals surface area contributed by atoms with Gasteiger partial charge in [0.25, 0.3) is 5.91 Å². The van der Waals surface area contributed by atoms with Crippen LogP contribution in [0.15, 0.2) is 18.2 Å². The van der Waals surface area contributed by atoms with Crippen LogP contribution in [0.5, 0.6) is 0 Å². The van der Waals surface area contributed by atoms with Crippen LogP contribution in [0.2, 0.25) is 10.0 Å². The molecule has 0 saturated carbocycles. The minimum absolute atomic E-state index is 0.130. The van der Waals surface area contributed by atoms with Crippen molar-refractivity contribution in [2.75, 3.05) is 19.7 Å². The number of thiophene rings is 1. The molecular formula is C14H10Cl2N2O3S. The molecule has 2 saturated heterocycles. The van der Waals surface area contributed by atoms with E-state index in [1.807, 2.05) is 6.07 Å². The number of carbonyl (C=O) groups is 2. The number of hydrogen-bond acceptors (Lipinski definition) is 4. The lowest BCUT2D eigenvalue weighted by molar-refractivity contribution is 0.0322. The lowest BCUT2D eigenvalue weighted by Crippen LogP contribution is -2.69. The highest BCUT2D eigenvalue weighted by Crippen LogP contribution is 2.38. The molecule has 4 rings (SSSR count). The van der Waals surface area contributed by atoms with Gasteiger partial charge in [0.2, 0.25) is 0 Å². The Morgan fingerprint density at radius 3 is 2.82 bits per heavy atom. The molecule has 0 radical (unpaired) electrons. The third-order valence-corrected chi connectivity index (χ3v) is 5.79. The summed E-state index contributed by atoms with van der Waals surface area (Å²) in [4.78, 5) is 25.9. The Balaban J connectivity index is 1.59. The first-order chi connectivity index (χ1) is 10.5. The molecule has 0 bridgehead atoms. The number of fused-ring (bicyclic) bond motifs is 1. The monoisotopic (exact) mass is 356 g/mol. The van der Waals surface area contributed by atoms with Crippen LogP contribution in [-0.2, 0) is 4.74 Å². The molecule has 0 atom stereocenters. The number of likely N-dealkylation sites (tertiary alicyclic amines) is 1. The maximum Gasteiger partial charge on any atom is 0.407 e. The molecule has 2 amide bonds. The zero-order chi connectivity index (χ0) is 15.5. The number of benzene rings is 1. The summed E-state index contributed by atoms with van der Waals surface area (Å²) >= 11 is 13.6. The second-order valence-electron chi connectivity index (χ2n) is 5.53. The number of carbonyl (C=O) groups excluding carboxylic acids is 2. The molecule has 2 aromatic rings. The molecule has 2 aliphatic heterocycles. The maximum atomic E-state index is 12.6. The molecule has 3 heterocycles. The first-order valence-corrected chi connectivity index (χ1v) is 8.16. The van der Waals surface area contributed by atoms with Crippen molar-refractivity contribution in [2.24, 2.45) is 0 Å². The van der Waals surface area contributed by atoms with Crippen molar-refractivity contribution in [1.82, 2.24) is 10.2 Å². The summed E-state index contributed by atoms with van der Waals surface area (Å²) in [5.41, 5.74) is -0.431. The molecule has 1 N–H and O–H groups in total. The van der Waals surface area contributed by atoms with Crippen molar-refractivity contribution in [3.63, 3.8) is 0 Å². The fourth-order valence-corrected chi connectivity index (χ4v) is 4.57. The van der Waals surface area contributed by atoms with Gasteiger partial charge in [-0.25, -0.2) is 4.79 Å². The number of rotatable bonds is 1.